The molecule has 4 nitrogen and oxygen atoms in total. The van der Waals surface area contributed by atoms with Crippen LogP contribution in [0.3, 0.4) is 0 Å². The predicted molar refractivity (Wildman–Crippen MR) is 90.7 cm³/mol. The van der Waals surface area contributed by atoms with Crippen molar-refractivity contribution in [1.29, 1.82) is 0 Å². The summed E-state index contributed by atoms with van der Waals surface area (Å²) in [5.41, 5.74) is 1.09. The molecule has 0 bridgehead atoms. The topological polar surface area (TPSA) is 80.3 Å². The molecule has 1 rings (SSSR count). The van der Waals surface area contributed by atoms with Crippen molar-refractivity contribution < 1.29 is 19.8 Å². The number of carbonyl (C=O) groups excluding carboxylic acids is 2. The van der Waals surface area contributed by atoms with Crippen LogP contribution in [0.1, 0.15) is 85.2 Å². The molecular weight excluding hydrogens is 304 g/mol. The molecule has 0 fully saturated rings. The van der Waals surface area contributed by atoms with Gasteiger partial charge in [-0.1, -0.05) is 65.5 Å². The Labute approximate surface area is 144 Å². The van der Waals surface area contributed by atoms with E-state index < -0.39 is 11.9 Å². The maximum absolute atomic E-state index is 11.8. The van der Waals surface area contributed by atoms with Crippen molar-refractivity contribution in [2.45, 2.75) is 66.2 Å². The lowest BCUT2D eigenvalue weighted by atomic mass is 9.84. The van der Waals surface area contributed by atoms with E-state index in [0.29, 0.717) is 29.9 Å². The van der Waals surface area contributed by atoms with E-state index in [1.165, 1.54) is 6.07 Å². The molecule has 0 saturated carbocycles. The van der Waals surface area contributed by atoms with Crippen LogP contribution in [0.2, 0.25) is 0 Å². The molecule has 0 amide bonds. The van der Waals surface area contributed by atoms with E-state index >= 15 is 0 Å². The molecule has 24 heavy (non-hydrogen) atoms. The number of hydrogen-bond donors (Lipinski definition) is 0. The molecule has 1 aromatic rings. The summed E-state index contributed by atoms with van der Waals surface area (Å²) in [5, 5.41) is 23.3. The van der Waals surface area contributed by atoms with Gasteiger partial charge in [0.1, 0.15) is 0 Å². The van der Waals surface area contributed by atoms with Gasteiger partial charge in [-0.25, -0.2) is 0 Å². The SMILES string of the molecule is CCC(CC)Cc1ccc(C(=O)[O-])c(CC(CC)CC)c1C(=O)[O-]. The second-order valence-corrected chi connectivity index (χ2v) is 6.47. The summed E-state index contributed by atoms with van der Waals surface area (Å²) in [6, 6.07) is 3.11. The van der Waals surface area contributed by atoms with Crippen LogP contribution in [0.25, 0.3) is 0 Å². The third-order valence-electron chi connectivity index (χ3n) is 5.13. The third kappa shape index (κ3) is 4.83. The van der Waals surface area contributed by atoms with Gasteiger partial charge in [0.05, 0.1) is 11.9 Å². The molecule has 0 unspecified atom stereocenters. The molecule has 0 aliphatic rings. The number of carboxylic acid groups (broad SMARTS) is 2. The zero-order chi connectivity index (χ0) is 18.3. The number of carboxylic acids is 2. The minimum atomic E-state index is -1.33. The maximum Gasteiger partial charge on any atom is 0.0721 e. The van der Waals surface area contributed by atoms with E-state index in [1.807, 2.05) is 13.8 Å². The van der Waals surface area contributed by atoms with Crippen LogP contribution in [0.5, 0.6) is 0 Å². The van der Waals surface area contributed by atoms with Gasteiger partial charge in [-0.05, 0) is 35.8 Å². The van der Waals surface area contributed by atoms with Crippen molar-refractivity contribution in [2.75, 3.05) is 0 Å². The van der Waals surface area contributed by atoms with Crippen molar-refractivity contribution in [1.82, 2.24) is 0 Å². The van der Waals surface area contributed by atoms with E-state index in [4.69, 9.17) is 0 Å². The van der Waals surface area contributed by atoms with Gasteiger partial charge in [0.2, 0.25) is 0 Å². The second-order valence-electron chi connectivity index (χ2n) is 6.47. The van der Waals surface area contributed by atoms with Gasteiger partial charge in [0.25, 0.3) is 0 Å². The standard InChI is InChI=1S/C20H30O4/c1-5-13(6-2)11-15-9-10-16(19(21)22)17(18(15)20(23)24)12-14(7-3)8-4/h9-10,13-14H,5-8,11-12H2,1-4H3,(H,21,22)(H,23,24)/p-2. The molecule has 0 saturated heterocycles. The Morgan fingerprint density at radius 3 is 1.75 bits per heavy atom. The molecule has 4 heteroatoms. The second kappa shape index (κ2) is 9.45. The molecule has 0 aliphatic heterocycles. The Bertz CT molecular complexity index is 569. The van der Waals surface area contributed by atoms with Crippen molar-refractivity contribution in [2.24, 2.45) is 11.8 Å². The first-order chi connectivity index (χ1) is 11.4. The number of hydrogen-bond acceptors (Lipinski definition) is 4. The number of rotatable bonds is 10. The largest absolute Gasteiger partial charge is 0.545 e. The summed E-state index contributed by atoms with van der Waals surface area (Å²) >= 11 is 0. The van der Waals surface area contributed by atoms with Crippen LogP contribution in [0, 0.1) is 11.8 Å². The van der Waals surface area contributed by atoms with Crippen LogP contribution in [0.15, 0.2) is 12.1 Å². The summed E-state index contributed by atoms with van der Waals surface area (Å²) in [6.45, 7) is 8.21. The molecule has 1 aromatic carbocycles. The lowest BCUT2D eigenvalue weighted by molar-refractivity contribution is -0.255. The van der Waals surface area contributed by atoms with Gasteiger partial charge in [0, 0.05) is 11.1 Å². The molecule has 134 valence electrons. The smallest absolute Gasteiger partial charge is 0.0721 e. The molecule has 0 N–H and O–H groups in total. The molecular formula is C20H28O4-2. The van der Waals surface area contributed by atoms with Gasteiger partial charge in [-0.2, -0.15) is 0 Å². The van der Waals surface area contributed by atoms with Gasteiger partial charge in [-0.3, -0.25) is 0 Å². The van der Waals surface area contributed by atoms with Crippen LogP contribution in [-0.4, -0.2) is 11.9 Å². The fourth-order valence-electron chi connectivity index (χ4n) is 3.28. The highest BCUT2D eigenvalue weighted by molar-refractivity contribution is 5.96. The predicted octanol–water partition coefficient (Wildman–Crippen LogP) is 2.37. The Morgan fingerprint density at radius 2 is 1.33 bits per heavy atom. The molecule has 0 aromatic heterocycles. The lowest BCUT2D eigenvalue weighted by Crippen LogP contribution is -2.30. The van der Waals surface area contributed by atoms with Crippen molar-refractivity contribution in [3.05, 3.63) is 34.4 Å². The van der Waals surface area contributed by atoms with Gasteiger partial charge in [-0.15, -0.1) is 0 Å². The first kappa shape index (κ1) is 20.2. The first-order valence-corrected chi connectivity index (χ1v) is 8.96. The number of carbonyl (C=O) groups is 2. The normalized spacial score (nSPS) is 11.2. The highest BCUT2D eigenvalue weighted by atomic mass is 16.4. The Kier molecular flexibility index (Phi) is 7.96. The maximum atomic E-state index is 11.8. The molecule has 0 heterocycles. The molecule has 0 aliphatic carbocycles. The minimum absolute atomic E-state index is 0.0191. The van der Waals surface area contributed by atoms with Crippen LogP contribution >= 0.6 is 0 Å². The summed E-state index contributed by atoms with van der Waals surface area (Å²) in [6.07, 6.45) is 4.69. The van der Waals surface area contributed by atoms with E-state index in [0.717, 1.165) is 25.7 Å². The Balaban J connectivity index is 3.47. The average molecular weight is 332 g/mol. The molecule has 0 radical (unpaired) electrons. The van der Waals surface area contributed by atoms with Gasteiger partial charge < -0.3 is 19.8 Å². The number of benzene rings is 1. The Morgan fingerprint density at radius 1 is 0.833 bits per heavy atom. The number of aromatic carboxylic acids is 2. The first-order valence-electron chi connectivity index (χ1n) is 8.96. The van der Waals surface area contributed by atoms with Crippen LogP contribution in [0.4, 0.5) is 0 Å². The third-order valence-corrected chi connectivity index (χ3v) is 5.13. The van der Waals surface area contributed by atoms with Crippen molar-refractivity contribution >= 4 is 11.9 Å². The summed E-state index contributed by atoms with van der Waals surface area (Å²) in [5.74, 6) is -2.00. The lowest BCUT2D eigenvalue weighted by Gasteiger charge is -2.24. The van der Waals surface area contributed by atoms with E-state index in [-0.39, 0.29) is 17.0 Å². The highest BCUT2D eigenvalue weighted by Crippen LogP contribution is 2.27. The van der Waals surface area contributed by atoms with Gasteiger partial charge >= 0.3 is 0 Å². The van der Waals surface area contributed by atoms with Gasteiger partial charge in [0.15, 0.2) is 0 Å². The van der Waals surface area contributed by atoms with E-state index in [9.17, 15) is 19.8 Å². The van der Waals surface area contributed by atoms with E-state index in [2.05, 4.69) is 13.8 Å². The summed E-state index contributed by atoms with van der Waals surface area (Å²) < 4.78 is 0. The van der Waals surface area contributed by atoms with Crippen molar-refractivity contribution in [3.63, 3.8) is 0 Å². The molecule has 0 spiro atoms. The van der Waals surface area contributed by atoms with Crippen LogP contribution in [-0.2, 0) is 12.8 Å². The quantitative estimate of drug-likeness (QED) is 0.659. The van der Waals surface area contributed by atoms with Crippen molar-refractivity contribution in [3.8, 4) is 0 Å². The fraction of sp³-hybridized carbons (Fsp3) is 0.600. The minimum Gasteiger partial charge on any atom is -0.545 e. The monoisotopic (exact) mass is 332 g/mol. The highest BCUT2D eigenvalue weighted by Gasteiger charge is 2.19. The van der Waals surface area contributed by atoms with Crippen LogP contribution < -0.4 is 10.2 Å². The fourth-order valence-corrected chi connectivity index (χ4v) is 3.28. The Hall–Kier alpha value is -1.84. The summed E-state index contributed by atoms with van der Waals surface area (Å²) in [7, 11) is 0. The summed E-state index contributed by atoms with van der Waals surface area (Å²) in [4.78, 5) is 23.3. The zero-order valence-corrected chi connectivity index (χ0v) is 15.2. The molecule has 0 atom stereocenters. The average Bonchev–Trinajstić information content (AvgIpc) is 2.56. The zero-order valence-electron chi connectivity index (χ0n) is 15.2. The van der Waals surface area contributed by atoms with E-state index in [1.54, 1.807) is 6.07 Å².